The minimum absolute atomic E-state index is 0.0401. The molecular weight excluding hydrogens is 238 g/mol. The van der Waals surface area contributed by atoms with Gasteiger partial charge in [-0.2, -0.15) is 0 Å². The normalized spacial score (nSPS) is 11.2. The van der Waals surface area contributed by atoms with Gasteiger partial charge in [0.05, 0.1) is 7.11 Å². The van der Waals surface area contributed by atoms with E-state index in [4.69, 9.17) is 10.7 Å². The SMILES string of the molecule is COC(=O)c1nc(S(=O)(=O)Cl)cs1. The van der Waals surface area contributed by atoms with Gasteiger partial charge in [0.15, 0.2) is 5.03 Å². The topological polar surface area (TPSA) is 73.3 Å². The number of hydrogen-bond acceptors (Lipinski definition) is 6. The number of carbonyl (C=O) groups is 1. The van der Waals surface area contributed by atoms with Crippen LogP contribution < -0.4 is 0 Å². The second-order valence-corrected chi connectivity index (χ2v) is 5.29. The Morgan fingerprint density at radius 3 is 2.69 bits per heavy atom. The van der Waals surface area contributed by atoms with Gasteiger partial charge in [0.2, 0.25) is 5.01 Å². The molecule has 0 aliphatic carbocycles. The van der Waals surface area contributed by atoms with Crippen molar-refractivity contribution in [3.63, 3.8) is 0 Å². The zero-order valence-electron chi connectivity index (χ0n) is 6.35. The number of aromatic nitrogens is 1. The van der Waals surface area contributed by atoms with Crippen LogP contribution in [0.5, 0.6) is 0 Å². The smallest absolute Gasteiger partial charge is 0.367 e. The van der Waals surface area contributed by atoms with Gasteiger partial charge >= 0.3 is 5.97 Å². The Bertz CT molecular complexity index is 423. The summed E-state index contributed by atoms with van der Waals surface area (Å²) in [4.78, 5) is 14.3. The molecule has 0 aliphatic heterocycles. The minimum Gasteiger partial charge on any atom is -0.464 e. The second-order valence-electron chi connectivity index (χ2n) is 1.92. The predicted octanol–water partition coefficient (Wildman–Crippen LogP) is 0.857. The highest BCUT2D eigenvalue weighted by molar-refractivity contribution is 8.13. The Morgan fingerprint density at radius 1 is 1.69 bits per heavy atom. The summed E-state index contributed by atoms with van der Waals surface area (Å²) in [7, 11) is 2.30. The van der Waals surface area contributed by atoms with Crippen molar-refractivity contribution < 1.29 is 17.9 Å². The van der Waals surface area contributed by atoms with Gasteiger partial charge in [-0.05, 0) is 0 Å². The quantitative estimate of drug-likeness (QED) is 0.567. The lowest BCUT2D eigenvalue weighted by molar-refractivity contribution is 0.0599. The summed E-state index contributed by atoms with van der Waals surface area (Å²) in [5.74, 6) is -0.684. The summed E-state index contributed by atoms with van der Waals surface area (Å²) in [5, 5.41) is 0.801. The molecule has 1 heterocycles. The van der Waals surface area contributed by atoms with E-state index >= 15 is 0 Å². The molecule has 0 unspecified atom stereocenters. The number of halogens is 1. The predicted molar refractivity (Wildman–Crippen MR) is 46.5 cm³/mol. The molecule has 13 heavy (non-hydrogen) atoms. The third-order valence-corrected chi connectivity index (χ3v) is 3.25. The Kier molecular flexibility index (Phi) is 2.89. The lowest BCUT2D eigenvalue weighted by Crippen LogP contribution is -2.01. The molecule has 0 radical (unpaired) electrons. The van der Waals surface area contributed by atoms with Crippen LogP contribution in [0.4, 0.5) is 0 Å². The summed E-state index contributed by atoms with van der Waals surface area (Å²) in [5.41, 5.74) is 0. The molecule has 0 aliphatic rings. The maximum absolute atomic E-state index is 10.8. The van der Waals surface area contributed by atoms with Crippen LogP contribution >= 0.6 is 22.0 Å². The van der Waals surface area contributed by atoms with Crippen LogP contribution in [0.15, 0.2) is 10.4 Å². The number of ether oxygens (including phenoxy) is 1. The Morgan fingerprint density at radius 2 is 2.31 bits per heavy atom. The maximum atomic E-state index is 10.8. The minimum atomic E-state index is -3.86. The number of hydrogen-bond donors (Lipinski definition) is 0. The first-order chi connectivity index (χ1) is 5.95. The largest absolute Gasteiger partial charge is 0.464 e. The Labute approximate surface area is 82.7 Å². The maximum Gasteiger partial charge on any atom is 0.367 e. The highest BCUT2D eigenvalue weighted by Crippen LogP contribution is 2.18. The van der Waals surface area contributed by atoms with Crippen LogP contribution in [0.2, 0.25) is 0 Å². The van der Waals surface area contributed by atoms with E-state index in [1.807, 2.05) is 0 Å². The molecular formula is C5H4ClNO4S2. The van der Waals surface area contributed by atoms with Gasteiger partial charge in [0.1, 0.15) is 0 Å². The van der Waals surface area contributed by atoms with Gasteiger partial charge in [0, 0.05) is 16.1 Å². The van der Waals surface area contributed by atoms with Crippen molar-refractivity contribution in [2.45, 2.75) is 5.03 Å². The molecule has 0 amide bonds. The third kappa shape index (κ3) is 2.39. The molecule has 0 spiro atoms. The number of esters is 1. The van der Waals surface area contributed by atoms with Crippen molar-refractivity contribution in [2.75, 3.05) is 7.11 Å². The van der Waals surface area contributed by atoms with E-state index in [1.54, 1.807) is 0 Å². The molecule has 8 heteroatoms. The first-order valence-electron chi connectivity index (χ1n) is 2.93. The number of thiazole rings is 1. The van der Waals surface area contributed by atoms with Crippen LogP contribution in [-0.2, 0) is 13.8 Å². The monoisotopic (exact) mass is 241 g/mol. The fraction of sp³-hybridized carbons (Fsp3) is 0.200. The molecule has 0 aromatic carbocycles. The van der Waals surface area contributed by atoms with Gasteiger partial charge in [-0.15, -0.1) is 11.3 Å². The fourth-order valence-electron chi connectivity index (χ4n) is 0.552. The lowest BCUT2D eigenvalue weighted by Gasteiger charge is -1.90. The van der Waals surface area contributed by atoms with Crippen molar-refractivity contribution in [1.29, 1.82) is 0 Å². The van der Waals surface area contributed by atoms with Crippen molar-refractivity contribution >= 4 is 37.0 Å². The summed E-state index contributed by atoms with van der Waals surface area (Å²) in [6.07, 6.45) is 0. The van der Waals surface area contributed by atoms with E-state index < -0.39 is 15.0 Å². The summed E-state index contributed by atoms with van der Waals surface area (Å²) < 4.78 is 25.8. The molecule has 72 valence electrons. The summed E-state index contributed by atoms with van der Waals surface area (Å²) in [6, 6.07) is 0. The molecule has 0 N–H and O–H groups in total. The van der Waals surface area contributed by atoms with Crippen LogP contribution in [0.1, 0.15) is 9.80 Å². The van der Waals surface area contributed by atoms with E-state index in [0.717, 1.165) is 11.3 Å². The zero-order chi connectivity index (χ0) is 10.1. The zero-order valence-corrected chi connectivity index (χ0v) is 8.74. The first-order valence-corrected chi connectivity index (χ1v) is 6.12. The third-order valence-electron chi connectivity index (χ3n) is 1.09. The van der Waals surface area contributed by atoms with Crippen LogP contribution in [-0.4, -0.2) is 26.5 Å². The molecule has 5 nitrogen and oxygen atoms in total. The van der Waals surface area contributed by atoms with E-state index in [2.05, 4.69) is 9.72 Å². The summed E-state index contributed by atoms with van der Waals surface area (Å²) in [6.45, 7) is 0. The van der Waals surface area contributed by atoms with Crippen molar-refractivity contribution in [1.82, 2.24) is 4.98 Å². The van der Waals surface area contributed by atoms with Gasteiger partial charge in [-0.3, -0.25) is 0 Å². The average molecular weight is 242 g/mol. The lowest BCUT2D eigenvalue weighted by atomic mass is 10.7. The van der Waals surface area contributed by atoms with Gasteiger partial charge in [0.25, 0.3) is 9.05 Å². The molecule has 0 saturated carbocycles. The molecule has 1 aromatic rings. The molecule has 1 rings (SSSR count). The van der Waals surface area contributed by atoms with Crippen molar-refractivity contribution in [2.24, 2.45) is 0 Å². The summed E-state index contributed by atoms with van der Waals surface area (Å²) >= 11 is 0.860. The van der Waals surface area contributed by atoms with Gasteiger partial charge < -0.3 is 4.74 Å². The molecule has 0 saturated heterocycles. The fourth-order valence-corrected chi connectivity index (χ4v) is 2.44. The number of methoxy groups -OCH3 is 1. The Hall–Kier alpha value is -0.660. The number of nitrogens with zero attached hydrogens (tertiary/aromatic N) is 1. The van der Waals surface area contributed by atoms with Gasteiger partial charge in [-0.25, -0.2) is 18.2 Å². The van der Waals surface area contributed by atoms with Crippen LogP contribution in [0, 0.1) is 0 Å². The highest BCUT2D eigenvalue weighted by atomic mass is 35.7. The standard InChI is InChI=1S/C5H4ClNO4S2/c1-11-5(8)4-7-3(2-12-4)13(6,9)10/h2H,1H3. The van der Waals surface area contributed by atoms with Gasteiger partial charge in [-0.1, -0.05) is 0 Å². The van der Waals surface area contributed by atoms with Crippen LogP contribution in [0.3, 0.4) is 0 Å². The van der Waals surface area contributed by atoms with E-state index in [0.29, 0.717) is 0 Å². The average Bonchev–Trinajstić information content (AvgIpc) is 2.50. The molecule has 1 aromatic heterocycles. The highest BCUT2D eigenvalue weighted by Gasteiger charge is 2.18. The first kappa shape index (κ1) is 10.4. The van der Waals surface area contributed by atoms with E-state index in [9.17, 15) is 13.2 Å². The second kappa shape index (κ2) is 3.60. The number of carbonyl (C=O) groups excluding carboxylic acids is 1. The van der Waals surface area contributed by atoms with Crippen molar-refractivity contribution in [3.05, 3.63) is 10.4 Å². The van der Waals surface area contributed by atoms with Crippen molar-refractivity contribution in [3.8, 4) is 0 Å². The molecule has 0 bridgehead atoms. The molecule has 0 atom stereocenters. The number of rotatable bonds is 2. The van der Waals surface area contributed by atoms with E-state index in [1.165, 1.54) is 12.5 Å². The van der Waals surface area contributed by atoms with E-state index in [-0.39, 0.29) is 10.0 Å². The Balaban J connectivity index is 3.07. The molecule has 0 fully saturated rings. The van der Waals surface area contributed by atoms with Crippen LogP contribution in [0.25, 0.3) is 0 Å².